The van der Waals surface area contributed by atoms with Crippen LogP contribution in [0.15, 0.2) is 12.1 Å². The Balaban J connectivity index is 2.95. The van der Waals surface area contributed by atoms with Gasteiger partial charge in [-0.2, -0.15) is 0 Å². The molecule has 0 amide bonds. The Morgan fingerprint density at radius 2 is 2.06 bits per heavy atom. The highest BCUT2D eigenvalue weighted by atomic mass is 35.5. The van der Waals surface area contributed by atoms with Crippen molar-refractivity contribution in [1.82, 2.24) is 0 Å². The molecule has 1 aromatic rings. The fourth-order valence-corrected chi connectivity index (χ4v) is 1.99. The molecule has 18 heavy (non-hydrogen) atoms. The third-order valence-corrected chi connectivity index (χ3v) is 3.10. The van der Waals surface area contributed by atoms with Crippen LogP contribution in [0.25, 0.3) is 0 Å². The van der Waals surface area contributed by atoms with Crippen LogP contribution in [0, 0.1) is 24.7 Å². The predicted octanol–water partition coefficient (Wildman–Crippen LogP) is 4.64. The highest BCUT2D eigenvalue weighted by molar-refractivity contribution is 6.31. The summed E-state index contributed by atoms with van der Waals surface area (Å²) in [5.74, 6) is 7.61. The van der Waals surface area contributed by atoms with Crippen molar-refractivity contribution in [3.63, 3.8) is 0 Å². The smallest absolute Gasteiger partial charge is 0.122 e. The van der Waals surface area contributed by atoms with Gasteiger partial charge in [0.05, 0.1) is 6.61 Å². The molecule has 2 heteroatoms. The van der Waals surface area contributed by atoms with E-state index in [1.165, 1.54) is 0 Å². The molecule has 1 rings (SSSR count). The predicted molar refractivity (Wildman–Crippen MR) is 78.3 cm³/mol. The summed E-state index contributed by atoms with van der Waals surface area (Å²) in [6.07, 6.45) is 1.78. The summed E-state index contributed by atoms with van der Waals surface area (Å²) in [4.78, 5) is 0. The fourth-order valence-electron chi connectivity index (χ4n) is 1.80. The summed E-state index contributed by atoms with van der Waals surface area (Å²) in [6.45, 7) is 8.85. The van der Waals surface area contributed by atoms with Crippen molar-refractivity contribution in [1.29, 1.82) is 0 Å². The van der Waals surface area contributed by atoms with Crippen LogP contribution < -0.4 is 4.74 Å². The van der Waals surface area contributed by atoms with Crippen LogP contribution in [0.3, 0.4) is 0 Å². The van der Waals surface area contributed by atoms with Crippen LogP contribution in [0.1, 0.15) is 38.3 Å². The van der Waals surface area contributed by atoms with Crippen LogP contribution in [-0.4, -0.2) is 6.61 Å². The molecule has 0 spiro atoms. The Kier molecular flexibility index (Phi) is 6.09. The maximum atomic E-state index is 6.18. The molecule has 1 atom stereocenters. The summed E-state index contributed by atoms with van der Waals surface area (Å²) in [6, 6.07) is 4.02. The van der Waals surface area contributed by atoms with Crippen molar-refractivity contribution in [2.24, 2.45) is 5.92 Å². The molecule has 0 aliphatic carbocycles. The van der Waals surface area contributed by atoms with E-state index in [1.54, 1.807) is 0 Å². The molecular weight excluding hydrogens is 244 g/mol. The van der Waals surface area contributed by atoms with Crippen LogP contribution in [-0.2, 0) is 6.42 Å². The van der Waals surface area contributed by atoms with Crippen molar-refractivity contribution in [3.8, 4) is 17.6 Å². The van der Waals surface area contributed by atoms with E-state index in [0.717, 1.165) is 34.7 Å². The van der Waals surface area contributed by atoms with Gasteiger partial charge in [-0.3, -0.25) is 0 Å². The lowest BCUT2D eigenvalue weighted by atomic mass is 9.99. The van der Waals surface area contributed by atoms with E-state index in [0.29, 0.717) is 12.5 Å². The fraction of sp³-hybridized carbons (Fsp3) is 0.500. The summed E-state index contributed by atoms with van der Waals surface area (Å²) in [7, 11) is 0. The highest BCUT2D eigenvalue weighted by Gasteiger charge is 2.10. The lowest BCUT2D eigenvalue weighted by molar-refractivity contribution is 0.335. The van der Waals surface area contributed by atoms with Gasteiger partial charge in [0.2, 0.25) is 0 Å². The van der Waals surface area contributed by atoms with E-state index in [2.05, 4.69) is 25.7 Å². The Hall–Kier alpha value is -1.13. The first-order valence-electron chi connectivity index (χ1n) is 6.48. The second-order valence-electron chi connectivity index (χ2n) is 4.42. The van der Waals surface area contributed by atoms with Crippen LogP contribution in [0.4, 0.5) is 0 Å². The zero-order valence-electron chi connectivity index (χ0n) is 11.6. The zero-order chi connectivity index (χ0) is 13.5. The molecule has 0 saturated heterocycles. The Morgan fingerprint density at radius 1 is 1.33 bits per heavy atom. The molecule has 0 fully saturated rings. The molecule has 0 heterocycles. The van der Waals surface area contributed by atoms with E-state index in [4.69, 9.17) is 16.3 Å². The quantitative estimate of drug-likeness (QED) is 0.720. The molecule has 1 nitrogen and oxygen atoms in total. The minimum atomic E-state index is 0.322. The molecular formula is C16H21ClO. The van der Waals surface area contributed by atoms with E-state index >= 15 is 0 Å². The van der Waals surface area contributed by atoms with Gasteiger partial charge in [-0.1, -0.05) is 31.4 Å². The Morgan fingerprint density at radius 3 is 2.67 bits per heavy atom. The summed E-state index contributed by atoms with van der Waals surface area (Å²) in [5, 5.41) is 0.795. The number of halogens is 1. The number of aryl methyl sites for hydroxylation is 1. The van der Waals surface area contributed by atoms with Gasteiger partial charge in [0.1, 0.15) is 5.75 Å². The van der Waals surface area contributed by atoms with E-state index in [9.17, 15) is 0 Å². The van der Waals surface area contributed by atoms with Gasteiger partial charge in [-0.15, -0.1) is 5.92 Å². The molecule has 0 radical (unpaired) electrons. The molecule has 0 aliphatic rings. The number of ether oxygens (including phenoxy) is 1. The molecule has 0 N–H and O–H groups in total. The lowest BCUT2D eigenvalue weighted by Crippen LogP contribution is -2.02. The first kappa shape index (κ1) is 14.9. The maximum Gasteiger partial charge on any atom is 0.122 e. The van der Waals surface area contributed by atoms with Gasteiger partial charge in [0.25, 0.3) is 0 Å². The van der Waals surface area contributed by atoms with E-state index in [-0.39, 0.29) is 0 Å². The summed E-state index contributed by atoms with van der Waals surface area (Å²) < 4.78 is 5.67. The van der Waals surface area contributed by atoms with Gasteiger partial charge >= 0.3 is 0 Å². The molecule has 0 saturated carbocycles. The first-order chi connectivity index (χ1) is 8.58. The number of hydrogen-bond acceptors (Lipinski definition) is 1. The lowest BCUT2D eigenvalue weighted by Gasteiger charge is -2.13. The molecule has 0 bridgehead atoms. The SMILES string of the molecule is CCC#CC(C)Cc1cc(Cl)c(C)cc1OCC. The number of benzene rings is 1. The first-order valence-corrected chi connectivity index (χ1v) is 6.86. The maximum absolute atomic E-state index is 6.18. The average Bonchev–Trinajstić information content (AvgIpc) is 2.33. The Labute approximate surface area is 115 Å². The second kappa shape index (κ2) is 7.34. The van der Waals surface area contributed by atoms with Crippen molar-refractivity contribution < 1.29 is 4.74 Å². The molecule has 98 valence electrons. The van der Waals surface area contributed by atoms with Crippen molar-refractivity contribution in [2.45, 2.75) is 40.5 Å². The third kappa shape index (κ3) is 4.27. The van der Waals surface area contributed by atoms with Gasteiger partial charge in [-0.25, -0.2) is 0 Å². The van der Waals surface area contributed by atoms with Crippen LogP contribution >= 0.6 is 11.6 Å². The standard InChI is InChI=1S/C16H21ClO/c1-5-7-8-12(3)9-14-11-15(17)13(4)10-16(14)18-6-2/h10-12H,5-6,9H2,1-4H3. The highest BCUT2D eigenvalue weighted by Crippen LogP contribution is 2.28. The monoisotopic (exact) mass is 264 g/mol. The normalized spacial score (nSPS) is 11.6. The van der Waals surface area contributed by atoms with Gasteiger partial charge < -0.3 is 4.74 Å². The number of rotatable bonds is 4. The van der Waals surface area contributed by atoms with Gasteiger partial charge in [-0.05, 0) is 43.5 Å². The summed E-state index contributed by atoms with van der Waals surface area (Å²) in [5.41, 5.74) is 2.20. The van der Waals surface area contributed by atoms with Crippen LogP contribution in [0.2, 0.25) is 5.02 Å². The third-order valence-electron chi connectivity index (χ3n) is 2.69. The van der Waals surface area contributed by atoms with E-state index < -0.39 is 0 Å². The van der Waals surface area contributed by atoms with Gasteiger partial charge in [0, 0.05) is 17.4 Å². The summed E-state index contributed by atoms with van der Waals surface area (Å²) >= 11 is 6.18. The van der Waals surface area contributed by atoms with Gasteiger partial charge in [0.15, 0.2) is 0 Å². The minimum absolute atomic E-state index is 0.322. The molecule has 0 aliphatic heterocycles. The topological polar surface area (TPSA) is 9.23 Å². The largest absolute Gasteiger partial charge is 0.494 e. The van der Waals surface area contributed by atoms with Crippen molar-refractivity contribution in [3.05, 3.63) is 28.3 Å². The van der Waals surface area contributed by atoms with Crippen molar-refractivity contribution in [2.75, 3.05) is 6.61 Å². The molecule has 1 aromatic carbocycles. The second-order valence-corrected chi connectivity index (χ2v) is 4.83. The molecule has 0 aromatic heterocycles. The zero-order valence-corrected chi connectivity index (χ0v) is 12.4. The average molecular weight is 265 g/mol. The molecule has 1 unspecified atom stereocenters. The number of hydrogen-bond donors (Lipinski definition) is 0. The van der Waals surface area contributed by atoms with Crippen molar-refractivity contribution >= 4 is 11.6 Å². The van der Waals surface area contributed by atoms with Crippen LogP contribution in [0.5, 0.6) is 5.75 Å². The van der Waals surface area contributed by atoms with E-state index in [1.807, 2.05) is 26.0 Å². The Bertz CT molecular complexity index is 454. The minimum Gasteiger partial charge on any atom is -0.494 e.